The molecule has 0 fully saturated rings. The molecule has 15 heteroatoms. The van der Waals surface area contributed by atoms with Crippen LogP contribution < -0.4 is 10.1 Å². The summed E-state index contributed by atoms with van der Waals surface area (Å²) in [7, 11) is -2.68. The van der Waals surface area contributed by atoms with Gasteiger partial charge >= 0.3 is 11.5 Å². The maximum Gasteiger partial charge on any atom is 0.468 e. The topological polar surface area (TPSA) is 177 Å². The van der Waals surface area contributed by atoms with E-state index >= 15 is 0 Å². The summed E-state index contributed by atoms with van der Waals surface area (Å²) in [6.45, 7) is 0.616. The van der Waals surface area contributed by atoms with Crippen molar-refractivity contribution in [1.29, 1.82) is 0 Å². The van der Waals surface area contributed by atoms with Gasteiger partial charge in [0.2, 0.25) is 15.7 Å². The smallest absolute Gasteiger partial charge is 0.468 e. The van der Waals surface area contributed by atoms with Gasteiger partial charge in [-0.05, 0) is 48.2 Å². The van der Waals surface area contributed by atoms with Crippen molar-refractivity contribution in [2.75, 3.05) is 12.4 Å². The van der Waals surface area contributed by atoms with Crippen molar-refractivity contribution in [1.82, 2.24) is 9.78 Å². The summed E-state index contributed by atoms with van der Waals surface area (Å²) >= 11 is 5.82. The summed E-state index contributed by atoms with van der Waals surface area (Å²) in [5.74, 6) is -1.63. The largest absolute Gasteiger partial charge is 0.497 e. The van der Waals surface area contributed by atoms with Gasteiger partial charge in [-0.15, -0.1) is 0 Å². The molecular formula is C19H16ClN5O8S. The highest BCUT2D eigenvalue weighted by atomic mass is 35.5. The first-order valence-electron chi connectivity index (χ1n) is 9.29. The maximum atomic E-state index is 13.0. The average Bonchev–Trinajstić information content (AvgIpc) is 3.10. The number of aromatic nitrogens is 2. The fourth-order valence-corrected chi connectivity index (χ4v) is 4.46. The van der Waals surface area contributed by atoms with E-state index in [9.17, 15) is 33.4 Å². The molecule has 0 aliphatic heterocycles. The normalized spacial score (nSPS) is 11.1. The molecule has 0 unspecified atom stereocenters. The molecule has 13 nitrogen and oxygen atoms in total. The van der Waals surface area contributed by atoms with Crippen molar-refractivity contribution in [2.45, 2.75) is 23.3 Å². The molecule has 0 aliphatic rings. The van der Waals surface area contributed by atoms with Crippen LogP contribution in [-0.4, -0.2) is 41.1 Å². The fraction of sp³-hybridized carbons (Fsp3) is 0.158. The minimum atomic E-state index is -3.99. The monoisotopic (exact) mass is 509 g/mol. The van der Waals surface area contributed by atoms with Crippen molar-refractivity contribution >= 4 is 44.5 Å². The second-order valence-electron chi connectivity index (χ2n) is 6.83. The summed E-state index contributed by atoms with van der Waals surface area (Å²) in [6.07, 6.45) is 0. The summed E-state index contributed by atoms with van der Waals surface area (Å²) in [4.78, 5) is 32.6. The highest BCUT2D eigenvalue weighted by Crippen LogP contribution is 2.30. The third kappa shape index (κ3) is 4.97. The minimum absolute atomic E-state index is 0.0331. The van der Waals surface area contributed by atoms with E-state index in [2.05, 4.69) is 10.4 Å². The molecular weight excluding hydrogens is 494 g/mol. The van der Waals surface area contributed by atoms with Crippen LogP contribution in [-0.2, 0) is 21.2 Å². The molecule has 0 saturated heterocycles. The van der Waals surface area contributed by atoms with E-state index in [0.717, 1.165) is 4.68 Å². The molecule has 0 spiro atoms. The van der Waals surface area contributed by atoms with Gasteiger partial charge in [0.1, 0.15) is 18.0 Å². The van der Waals surface area contributed by atoms with E-state index in [0.29, 0.717) is 5.02 Å². The molecule has 1 aromatic heterocycles. The Balaban J connectivity index is 1.91. The molecule has 0 saturated carbocycles. The quantitative estimate of drug-likeness (QED) is 0.353. The Hall–Kier alpha value is -4.04. The van der Waals surface area contributed by atoms with Crippen molar-refractivity contribution in [3.8, 4) is 5.75 Å². The zero-order valence-electron chi connectivity index (χ0n) is 17.6. The number of methoxy groups -OCH3 is 1. The molecule has 3 aromatic rings. The third-order valence-corrected chi connectivity index (χ3v) is 6.64. The van der Waals surface area contributed by atoms with Crippen LogP contribution in [0.5, 0.6) is 5.75 Å². The molecule has 0 aliphatic carbocycles. The second kappa shape index (κ2) is 9.44. The standard InChI is InChI=1S/C19H16ClN5O8S/c1-11-18(24(27)28)19(25(29)30)22-23(11)10-17(26)21-13-7-14(33-2)9-16(8-13)34(31,32)15-5-3-12(20)4-6-15/h3-9H,10H2,1-2H3,(H,21,26). The molecule has 1 heterocycles. The van der Waals surface area contributed by atoms with E-state index in [1.54, 1.807) is 0 Å². The first-order chi connectivity index (χ1) is 15.9. The van der Waals surface area contributed by atoms with Crippen LogP contribution >= 0.6 is 11.6 Å². The summed E-state index contributed by atoms with van der Waals surface area (Å²) in [6, 6.07) is 9.32. The molecule has 2 aromatic carbocycles. The van der Waals surface area contributed by atoms with Crippen molar-refractivity contribution < 1.29 is 27.8 Å². The number of benzene rings is 2. The van der Waals surface area contributed by atoms with E-state index < -0.39 is 43.6 Å². The molecule has 0 bridgehead atoms. The summed E-state index contributed by atoms with van der Waals surface area (Å²) in [5, 5.41) is 28.5. The van der Waals surface area contributed by atoms with Crippen molar-refractivity contribution in [3.63, 3.8) is 0 Å². The lowest BCUT2D eigenvalue weighted by Crippen LogP contribution is -2.20. The number of amides is 1. The first-order valence-corrected chi connectivity index (χ1v) is 11.2. The zero-order valence-corrected chi connectivity index (χ0v) is 19.2. The number of rotatable bonds is 8. The van der Waals surface area contributed by atoms with Crippen LogP contribution in [0.2, 0.25) is 5.02 Å². The molecule has 34 heavy (non-hydrogen) atoms. The van der Waals surface area contributed by atoms with E-state index in [1.165, 1.54) is 56.5 Å². The minimum Gasteiger partial charge on any atom is -0.497 e. The summed E-state index contributed by atoms with van der Waals surface area (Å²) in [5.41, 5.74) is -0.968. The Labute approximate surface area is 197 Å². The van der Waals surface area contributed by atoms with Gasteiger partial charge in [0.25, 0.3) is 0 Å². The highest BCUT2D eigenvalue weighted by molar-refractivity contribution is 7.91. The number of sulfone groups is 1. The van der Waals surface area contributed by atoms with Crippen molar-refractivity contribution in [3.05, 3.63) is 73.4 Å². The van der Waals surface area contributed by atoms with Gasteiger partial charge in [0, 0.05) is 16.8 Å². The van der Waals surface area contributed by atoms with Gasteiger partial charge in [-0.25, -0.2) is 8.42 Å². The number of hydrogen-bond donors (Lipinski definition) is 1. The second-order valence-corrected chi connectivity index (χ2v) is 9.22. The lowest BCUT2D eigenvalue weighted by atomic mass is 10.3. The number of nitrogens with zero attached hydrogens (tertiary/aromatic N) is 4. The third-order valence-electron chi connectivity index (χ3n) is 4.64. The van der Waals surface area contributed by atoms with Crippen LogP contribution in [0.25, 0.3) is 0 Å². The molecule has 0 radical (unpaired) electrons. The maximum absolute atomic E-state index is 13.0. The Kier molecular flexibility index (Phi) is 6.83. The predicted octanol–water partition coefficient (Wildman–Crippen LogP) is 3.14. The van der Waals surface area contributed by atoms with E-state index in [-0.39, 0.29) is 26.9 Å². The van der Waals surface area contributed by atoms with Crippen LogP contribution in [0.3, 0.4) is 0 Å². The van der Waals surface area contributed by atoms with Gasteiger partial charge in [0.05, 0.1) is 26.9 Å². The molecule has 1 amide bonds. The lowest BCUT2D eigenvalue weighted by Gasteiger charge is -2.11. The highest BCUT2D eigenvalue weighted by Gasteiger charge is 2.35. The Morgan fingerprint density at radius 1 is 1.12 bits per heavy atom. The van der Waals surface area contributed by atoms with E-state index in [1.807, 2.05) is 0 Å². The number of carbonyl (C=O) groups excluding carboxylic acids is 1. The predicted molar refractivity (Wildman–Crippen MR) is 119 cm³/mol. The Morgan fingerprint density at radius 3 is 2.29 bits per heavy atom. The average molecular weight is 510 g/mol. The molecule has 1 N–H and O–H groups in total. The van der Waals surface area contributed by atoms with E-state index in [4.69, 9.17) is 16.3 Å². The van der Waals surface area contributed by atoms with Crippen molar-refractivity contribution in [2.24, 2.45) is 0 Å². The lowest BCUT2D eigenvalue weighted by molar-refractivity contribution is -0.424. The number of nitrogens with one attached hydrogen (secondary N) is 1. The molecule has 3 rings (SSSR count). The fourth-order valence-electron chi connectivity index (χ4n) is 3.01. The van der Waals surface area contributed by atoms with Crippen LogP contribution in [0.1, 0.15) is 5.69 Å². The number of carbonyl (C=O) groups is 1. The molecule has 178 valence electrons. The van der Waals surface area contributed by atoms with Gasteiger partial charge < -0.3 is 20.2 Å². The number of anilines is 1. The SMILES string of the molecule is COc1cc(NC(=O)Cn2nc([N+](=O)[O-])c([N+](=O)[O-])c2C)cc(S(=O)(=O)c2ccc(Cl)cc2)c1. The number of nitro groups is 2. The first kappa shape index (κ1) is 24.6. The van der Waals surface area contributed by atoms with Gasteiger partial charge in [-0.3, -0.25) is 14.9 Å². The zero-order chi connectivity index (χ0) is 25.2. The van der Waals surface area contributed by atoms with Gasteiger partial charge in [-0.2, -0.15) is 4.68 Å². The Bertz CT molecular complexity index is 1400. The van der Waals surface area contributed by atoms with Crippen LogP contribution in [0, 0.1) is 27.2 Å². The summed E-state index contributed by atoms with van der Waals surface area (Å²) < 4.78 is 32.0. The van der Waals surface area contributed by atoms with Crippen LogP contribution in [0.4, 0.5) is 17.2 Å². The van der Waals surface area contributed by atoms with Gasteiger partial charge in [-0.1, -0.05) is 11.6 Å². The number of ether oxygens (including phenoxy) is 1. The number of hydrogen-bond acceptors (Lipinski definition) is 9. The van der Waals surface area contributed by atoms with Crippen LogP contribution in [0.15, 0.2) is 52.3 Å². The molecule has 0 atom stereocenters. The Morgan fingerprint density at radius 2 is 1.76 bits per heavy atom. The number of halogens is 1. The van der Waals surface area contributed by atoms with Gasteiger partial charge in [0.15, 0.2) is 0 Å².